The van der Waals surface area contributed by atoms with Crippen molar-refractivity contribution in [1.29, 1.82) is 0 Å². The van der Waals surface area contributed by atoms with Gasteiger partial charge in [-0.1, -0.05) is 6.07 Å². The van der Waals surface area contributed by atoms with Crippen molar-refractivity contribution in [3.63, 3.8) is 0 Å². The Hall–Kier alpha value is -3.03. The number of nitrogens with zero attached hydrogens (tertiary/aromatic N) is 4. The van der Waals surface area contributed by atoms with Crippen molar-refractivity contribution in [2.75, 3.05) is 13.1 Å². The summed E-state index contributed by atoms with van der Waals surface area (Å²) >= 11 is 0. The van der Waals surface area contributed by atoms with Crippen molar-refractivity contribution in [2.45, 2.75) is 46.0 Å². The fourth-order valence-electron chi connectivity index (χ4n) is 4.75. The van der Waals surface area contributed by atoms with Gasteiger partial charge in [0.1, 0.15) is 6.61 Å². The maximum absolute atomic E-state index is 11.9. The van der Waals surface area contributed by atoms with Crippen LogP contribution in [0.3, 0.4) is 0 Å². The zero-order valence-corrected chi connectivity index (χ0v) is 18.1. The molecule has 0 radical (unpaired) electrons. The van der Waals surface area contributed by atoms with E-state index in [2.05, 4.69) is 46.4 Å². The minimum atomic E-state index is -0.211. The highest BCUT2D eigenvalue weighted by Gasteiger charge is 2.30. The number of benzene rings is 1. The number of carbonyl (C=O) groups excluding carboxylic acids is 1. The van der Waals surface area contributed by atoms with Crippen LogP contribution in [-0.4, -0.2) is 44.8 Å². The molecule has 2 aliphatic rings. The maximum Gasteiger partial charge on any atom is 0.338 e. The van der Waals surface area contributed by atoms with Crippen LogP contribution in [0.15, 0.2) is 42.9 Å². The molecule has 1 fully saturated rings. The topological polar surface area (TPSA) is 72.3 Å². The Kier molecular flexibility index (Phi) is 5.08. The molecular weight excluding hydrogens is 390 g/mol. The van der Waals surface area contributed by atoms with Crippen molar-refractivity contribution in [2.24, 2.45) is 0 Å². The molecule has 3 aromatic rings. The predicted octanol–water partition coefficient (Wildman–Crippen LogP) is 3.09. The second-order valence-corrected chi connectivity index (χ2v) is 8.64. The molecule has 7 nitrogen and oxygen atoms in total. The normalized spacial score (nSPS) is 21.2. The van der Waals surface area contributed by atoms with Crippen LogP contribution in [0.1, 0.15) is 51.3 Å². The van der Waals surface area contributed by atoms with Crippen molar-refractivity contribution in [3.05, 3.63) is 76.4 Å². The number of nitrogens with one attached hydrogen (secondary N) is 1. The third kappa shape index (κ3) is 3.86. The van der Waals surface area contributed by atoms with E-state index in [9.17, 15) is 4.79 Å². The van der Waals surface area contributed by atoms with Gasteiger partial charge in [-0.25, -0.2) is 9.48 Å². The van der Waals surface area contributed by atoms with Crippen LogP contribution < -0.4 is 5.32 Å². The van der Waals surface area contributed by atoms with Gasteiger partial charge in [0, 0.05) is 60.9 Å². The molecule has 0 unspecified atom stereocenters. The van der Waals surface area contributed by atoms with Gasteiger partial charge in [0.25, 0.3) is 0 Å². The fourth-order valence-corrected chi connectivity index (χ4v) is 4.75. The molecule has 1 N–H and O–H groups in total. The number of fused-ring (bicyclic) bond motifs is 1. The molecule has 5 rings (SSSR count). The summed E-state index contributed by atoms with van der Waals surface area (Å²) in [5.41, 5.74) is 7.34. The van der Waals surface area contributed by atoms with Gasteiger partial charge in [-0.2, -0.15) is 5.10 Å². The highest BCUT2D eigenvalue weighted by Crippen LogP contribution is 2.31. The number of esters is 1. The van der Waals surface area contributed by atoms with Gasteiger partial charge in [0.05, 0.1) is 17.4 Å². The Balaban J connectivity index is 1.34. The average Bonchev–Trinajstić information content (AvgIpc) is 3.35. The summed E-state index contributed by atoms with van der Waals surface area (Å²) in [7, 11) is 0. The van der Waals surface area contributed by atoms with Gasteiger partial charge in [0.15, 0.2) is 0 Å². The van der Waals surface area contributed by atoms with E-state index in [1.165, 1.54) is 11.1 Å². The molecule has 1 saturated heterocycles. The number of pyridine rings is 1. The van der Waals surface area contributed by atoms with Crippen molar-refractivity contribution >= 4 is 5.97 Å². The number of rotatable bonds is 4. The number of aromatic nitrogens is 3. The van der Waals surface area contributed by atoms with Crippen molar-refractivity contribution in [1.82, 2.24) is 25.0 Å². The molecule has 2 aromatic heterocycles. The molecule has 1 aromatic carbocycles. The zero-order valence-electron chi connectivity index (χ0n) is 18.1. The quantitative estimate of drug-likeness (QED) is 0.658. The van der Waals surface area contributed by atoms with Gasteiger partial charge in [-0.05, 0) is 50.1 Å². The summed E-state index contributed by atoms with van der Waals surface area (Å²) in [5, 5.41) is 8.28. The molecule has 160 valence electrons. The van der Waals surface area contributed by atoms with E-state index in [1.807, 2.05) is 42.2 Å². The van der Waals surface area contributed by atoms with Crippen LogP contribution in [0.5, 0.6) is 0 Å². The lowest BCUT2D eigenvalue weighted by molar-refractivity contribution is 0.0535. The van der Waals surface area contributed by atoms with Crippen LogP contribution in [0, 0.1) is 13.8 Å². The Labute approximate surface area is 182 Å². The largest absolute Gasteiger partial charge is 0.457 e. The van der Waals surface area contributed by atoms with Crippen LogP contribution in [-0.2, 0) is 17.9 Å². The van der Waals surface area contributed by atoms with Gasteiger partial charge in [-0.3, -0.25) is 9.88 Å². The molecular formula is C24H27N5O2. The summed E-state index contributed by atoms with van der Waals surface area (Å²) in [6.45, 7) is 9.41. The molecule has 0 bridgehead atoms. The molecule has 2 aliphatic heterocycles. The number of cyclic esters (lactones) is 1. The highest BCUT2D eigenvalue weighted by atomic mass is 16.5. The molecule has 7 heteroatoms. The first-order valence-electron chi connectivity index (χ1n) is 10.7. The Bertz CT molecular complexity index is 1140. The van der Waals surface area contributed by atoms with Crippen molar-refractivity contribution < 1.29 is 9.53 Å². The lowest BCUT2D eigenvalue weighted by atomic mass is 9.92. The number of aryl methyl sites for hydroxylation is 1. The zero-order chi connectivity index (χ0) is 21.5. The number of hydrogen-bond acceptors (Lipinski definition) is 6. The third-order valence-electron chi connectivity index (χ3n) is 6.23. The molecule has 0 saturated carbocycles. The molecule has 4 heterocycles. The van der Waals surface area contributed by atoms with E-state index < -0.39 is 0 Å². The van der Waals surface area contributed by atoms with E-state index in [-0.39, 0.29) is 12.0 Å². The van der Waals surface area contributed by atoms with Crippen LogP contribution in [0.4, 0.5) is 0 Å². The molecule has 31 heavy (non-hydrogen) atoms. The van der Waals surface area contributed by atoms with Gasteiger partial charge in [-0.15, -0.1) is 0 Å². The lowest BCUT2D eigenvalue weighted by Gasteiger charge is -2.38. The monoisotopic (exact) mass is 417 g/mol. The minimum absolute atomic E-state index is 0.211. The maximum atomic E-state index is 11.9. The van der Waals surface area contributed by atoms with Gasteiger partial charge >= 0.3 is 5.97 Å². The van der Waals surface area contributed by atoms with Gasteiger partial charge in [0.2, 0.25) is 0 Å². The van der Waals surface area contributed by atoms with E-state index in [0.717, 1.165) is 42.1 Å². The lowest BCUT2D eigenvalue weighted by Crippen LogP contribution is -2.50. The number of piperazine rings is 1. The van der Waals surface area contributed by atoms with Crippen LogP contribution in [0.25, 0.3) is 5.69 Å². The van der Waals surface area contributed by atoms with E-state index in [4.69, 9.17) is 4.74 Å². The van der Waals surface area contributed by atoms with Crippen molar-refractivity contribution in [3.8, 4) is 5.69 Å². The first kappa shape index (κ1) is 19.9. The summed E-state index contributed by atoms with van der Waals surface area (Å²) in [5.74, 6) is -0.211. The summed E-state index contributed by atoms with van der Waals surface area (Å²) < 4.78 is 7.14. The summed E-state index contributed by atoms with van der Waals surface area (Å²) in [6, 6.07) is 8.57. The third-order valence-corrected chi connectivity index (χ3v) is 6.23. The van der Waals surface area contributed by atoms with Gasteiger partial charge < -0.3 is 10.1 Å². The molecule has 0 aliphatic carbocycles. The smallest absolute Gasteiger partial charge is 0.338 e. The number of carbonyl (C=O) groups is 1. The summed E-state index contributed by atoms with van der Waals surface area (Å²) in [6.07, 6.45) is 5.85. The minimum Gasteiger partial charge on any atom is -0.457 e. The fraction of sp³-hybridized carbons (Fsp3) is 0.375. The first-order valence-corrected chi connectivity index (χ1v) is 10.7. The standard InChI is InChI=1S/C24H27N5O2/c1-15-8-19(6-7-25-15)29-12-18(9-26-29)11-28-10-16(2)27-23(13-28)20-4-5-21-22(17(20)3)14-31-24(21)30/h4-9,12,16,23,27H,10-11,13-14H2,1-3H3/t16-,23-/m0/s1. The first-order chi connectivity index (χ1) is 15.0. The highest BCUT2D eigenvalue weighted by molar-refractivity contribution is 5.94. The number of hydrogen-bond donors (Lipinski definition) is 1. The van der Waals surface area contributed by atoms with E-state index in [1.54, 1.807) is 0 Å². The Morgan fingerprint density at radius 2 is 2.10 bits per heavy atom. The molecule has 0 spiro atoms. The SMILES string of the molecule is Cc1cc(-n2cc(CN3C[C@@H](c4ccc5c(c4C)COC5=O)N[C@@H](C)C3)cn2)ccn1. The van der Waals surface area contributed by atoms with E-state index >= 15 is 0 Å². The molecule has 2 atom stereocenters. The van der Waals surface area contributed by atoms with Crippen LogP contribution in [0.2, 0.25) is 0 Å². The average molecular weight is 418 g/mol. The second kappa shape index (κ2) is 7.90. The Morgan fingerprint density at radius 3 is 2.94 bits per heavy atom. The second-order valence-electron chi connectivity index (χ2n) is 8.64. The molecule has 0 amide bonds. The van der Waals surface area contributed by atoms with Crippen LogP contribution >= 0.6 is 0 Å². The predicted molar refractivity (Wildman–Crippen MR) is 117 cm³/mol. The Morgan fingerprint density at radius 1 is 1.23 bits per heavy atom. The summed E-state index contributed by atoms with van der Waals surface area (Å²) in [4.78, 5) is 18.6. The number of ether oxygens (including phenoxy) is 1. The van der Waals surface area contributed by atoms with E-state index in [0.29, 0.717) is 18.2 Å².